The molecule has 1 aromatic heterocycles. The van der Waals surface area contributed by atoms with Crippen LogP contribution >= 0.6 is 11.3 Å². The molecule has 1 aromatic carbocycles. The lowest BCUT2D eigenvalue weighted by Gasteiger charge is -2.20. The smallest absolute Gasteiger partial charge is 0.265 e. The molecule has 0 spiro atoms. The maximum atomic E-state index is 12.2. The van der Waals surface area contributed by atoms with Crippen LogP contribution in [0.1, 0.15) is 27.9 Å². The fraction of sp³-hybridized carbons (Fsp3) is 0.353. The van der Waals surface area contributed by atoms with E-state index < -0.39 is 9.84 Å². The van der Waals surface area contributed by atoms with E-state index in [0.717, 1.165) is 5.69 Å². The molecular formula is C17H19N3O4S2. The highest BCUT2D eigenvalue weighted by atomic mass is 32.2. The number of sulfone groups is 1. The molecule has 0 saturated carbocycles. The van der Waals surface area contributed by atoms with Crippen LogP contribution in [0.5, 0.6) is 0 Å². The molecule has 0 aliphatic carbocycles. The number of hydrogen-bond donors (Lipinski definition) is 1. The van der Waals surface area contributed by atoms with Gasteiger partial charge in [0.05, 0.1) is 22.8 Å². The highest BCUT2D eigenvalue weighted by molar-refractivity contribution is 7.91. The van der Waals surface area contributed by atoms with Crippen LogP contribution in [0.3, 0.4) is 0 Å². The van der Waals surface area contributed by atoms with Crippen LogP contribution in [0.25, 0.3) is 0 Å². The van der Waals surface area contributed by atoms with Gasteiger partial charge in [-0.1, -0.05) is 30.4 Å². The van der Waals surface area contributed by atoms with Crippen molar-refractivity contribution in [3.05, 3.63) is 40.4 Å². The Balaban J connectivity index is 1.67. The summed E-state index contributed by atoms with van der Waals surface area (Å²) < 4.78 is 23.6. The molecule has 138 valence electrons. The van der Waals surface area contributed by atoms with E-state index in [2.05, 4.69) is 10.3 Å². The van der Waals surface area contributed by atoms with Gasteiger partial charge in [0.25, 0.3) is 5.91 Å². The third-order valence-corrected chi connectivity index (χ3v) is 6.95. The standard InChI is InChI=1S/C17H19N3O4S2/c1-3-26(23,24)12-6-4-11(5-7-12)10-14(21)19-17-18-13-8-9-20(2)16(22)15(13)25-17/h4-7H,3,8-10H2,1-2H3,(H,18,19,21). The van der Waals surface area contributed by atoms with Crippen molar-refractivity contribution in [1.29, 1.82) is 0 Å². The first-order chi connectivity index (χ1) is 12.3. The number of anilines is 1. The molecule has 7 nitrogen and oxygen atoms in total. The minimum Gasteiger partial charge on any atom is -0.341 e. The molecule has 0 fully saturated rings. The summed E-state index contributed by atoms with van der Waals surface area (Å²) in [6.45, 7) is 2.21. The quantitative estimate of drug-likeness (QED) is 0.835. The summed E-state index contributed by atoms with van der Waals surface area (Å²) >= 11 is 1.18. The molecule has 2 heterocycles. The van der Waals surface area contributed by atoms with Gasteiger partial charge in [0.2, 0.25) is 5.91 Å². The van der Waals surface area contributed by atoms with Gasteiger partial charge in [-0.15, -0.1) is 0 Å². The SMILES string of the molecule is CCS(=O)(=O)c1ccc(CC(=O)Nc2nc3c(s2)C(=O)N(C)CC3)cc1. The monoisotopic (exact) mass is 393 g/mol. The van der Waals surface area contributed by atoms with Gasteiger partial charge >= 0.3 is 0 Å². The van der Waals surface area contributed by atoms with Crippen molar-refractivity contribution in [1.82, 2.24) is 9.88 Å². The Labute approximate surface area is 156 Å². The van der Waals surface area contributed by atoms with E-state index in [1.165, 1.54) is 23.5 Å². The van der Waals surface area contributed by atoms with Crippen molar-refractivity contribution in [2.24, 2.45) is 0 Å². The number of carbonyl (C=O) groups excluding carboxylic acids is 2. The lowest BCUT2D eigenvalue weighted by Crippen LogP contribution is -2.33. The number of fused-ring (bicyclic) bond motifs is 1. The molecule has 0 saturated heterocycles. The Kier molecular flexibility index (Phi) is 5.10. The third-order valence-electron chi connectivity index (χ3n) is 4.20. The second-order valence-corrected chi connectivity index (χ2v) is 9.32. The van der Waals surface area contributed by atoms with Gasteiger partial charge in [-0.05, 0) is 17.7 Å². The van der Waals surface area contributed by atoms with E-state index in [4.69, 9.17) is 0 Å². The van der Waals surface area contributed by atoms with E-state index in [1.54, 1.807) is 31.0 Å². The Hall–Kier alpha value is -2.26. The van der Waals surface area contributed by atoms with Gasteiger partial charge in [0, 0.05) is 20.0 Å². The van der Waals surface area contributed by atoms with Crippen LogP contribution < -0.4 is 5.32 Å². The average molecular weight is 393 g/mol. The number of nitrogens with zero attached hydrogens (tertiary/aromatic N) is 2. The summed E-state index contributed by atoms with van der Waals surface area (Å²) in [7, 11) is -1.51. The van der Waals surface area contributed by atoms with Crippen molar-refractivity contribution < 1.29 is 18.0 Å². The molecule has 1 aliphatic heterocycles. The first-order valence-corrected chi connectivity index (χ1v) is 10.6. The lowest BCUT2D eigenvalue weighted by atomic mass is 10.1. The number of rotatable bonds is 5. The van der Waals surface area contributed by atoms with Crippen molar-refractivity contribution in [2.75, 3.05) is 24.7 Å². The first-order valence-electron chi connectivity index (χ1n) is 8.17. The molecule has 9 heteroatoms. The topological polar surface area (TPSA) is 96.4 Å². The van der Waals surface area contributed by atoms with Gasteiger partial charge in [-0.3, -0.25) is 9.59 Å². The summed E-state index contributed by atoms with van der Waals surface area (Å²) in [5.74, 6) is -0.296. The van der Waals surface area contributed by atoms with E-state index in [9.17, 15) is 18.0 Å². The number of thiazole rings is 1. The Morgan fingerprint density at radius 2 is 2.00 bits per heavy atom. The van der Waals surface area contributed by atoms with Gasteiger partial charge in [-0.25, -0.2) is 13.4 Å². The molecule has 1 aliphatic rings. The predicted molar refractivity (Wildman–Crippen MR) is 99.3 cm³/mol. The summed E-state index contributed by atoms with van der Waals surface area (Å²) in [6.07, 6.45) is 0.780. The number of nitrogens with one attached hydrogen (secondary N) is 1. The fourth-order valence-corrected chi connectivity index (χ4v) is 4.53. The number of hydrogen-bond acceptors (Lipinski definition) is 6. The van der Waals surface area contributed by atoms with Crippen LogP contribution in [0.15, 0.2) is 29.2 Å². The Morgan fingerprint density at radius 1 is 1.31 bits per heavy atom. The first kappa shape index (κ1) is 18.5. The number of amides is 2. The fourth-order valence-electron chi connectivity index (χ4n) is 2.62. The molecule has 0 radical (unpaired) electrons. The van der Waals surface area contributed by atoms with Gasteiger partial charge in [0.1, 0.15) is 4.88 Å². The molecule has 26 heavy (non-hydrogen) atoms. The lowest BCUT2D eigenvalue weighted by molar-refractivity contribution is -0.115. The summed E-state index contributed by atoms with van der Waals surface area (Å²) in [5, 5.41) is 3.13. The molecule has 1 N–H and O–H groups in total. The van der Waals surface area contributed by atoms with Crippen LogP contribution in [0.2, 0.25) is 0 Å². The van der Waals surface area contributed by atoms with E-state index in [1.807, 2.05) is 0 Å². The molecular weight excluding hydrogens is 374 g/mol. The molecule has 2 aromatic rings. The van der Waals surface area contributed by atoms with Crippen molar-refractivity contribution in [3.8, 4) is 0 Å². The Bertz CT molecular complexity index is 949. The van der Waals surface area contributed by atoms with Crippen molar-refractivity contribution >= 4 is 38.1 Å². The largest absolute Gasteiger partial charge is 0.341 e. The van der Waals surface area contributed by atoms with Gasteiger partial charge in [0.15, 0.2) is 15.0 Å². The molecule has 0 atom stereocenters. The zero-order valence-electron chi connectivity index (χ0n) is 14.5. The Morgan fingerprint density at radius 3 is 2.65 bits per heavy atom. The second kappa shape index (κ2) is 7.16. The number of aromatic nitrogens is 1. The second-order valence-electron chi connectivity index (χ2n) is 6.04. The zero-order chi connectivity index (χ0) is 18.9. The molecule has 3 rings (SSSR count). The summed E-state index contributed by atoms with van der Waals surface area (Å²) in [6, 6.07) is 6.29. The summed E-state index contributed by atoms with van der Waals surface area (Å²) in [4.78, 5) is 31.1. The number of benzene rings is 1. The van der Waals surface area contributed by atoms with Gasteiger partial charge in [-0.2, -0.15) is 0 Å². The average Bonchev–Trinajstić information content (AvgIpc) is 3.02. The predicted octanol–water partition coefficient (Wildman–Crippen LogP) is 1.75. The normalized spacial score (nSPS) is 14.2. The molecule has 0 bridgehead atoms. The van der Waals surface area contributed by atoms with Gasteiger partial charge < -0.3 is 10.2 Å². The molecule has 0 unspecified atom stereocenters. The van der Waals surface area contributed by atoms with Crippen LogP contribution in [0, 0.1) is 0 Å². The van der Waals surface area contributed by atoms with Crippen molar-refractivity contribution in [3.63, 3.8) is 0 Å². The highest BCUT2D eigenvalue weighted by Crippen LogP contribution is 2.27. The zero-order valence-corrected chi connectivity index (χ0v) is 16.1. The van der Waals surface area contributed by atoms with E-state index >= 15 is 0 Å². The number of likely N-dealkylation sites (N-methyl/N-ethyl adjacent to an activating group) is 1. The maximum absolute atomic E-state index is 12.2. The number of carbonyl (C=O) groups is 2. The van der Waals surface area contributed by atoms with Crippen LogP contribution in [-0.4, -0.2) is 49.5 Å². The molecule has 2 amide bonds. The summed E-state index contributed by atoms with van der Waals surface area (Å²) in [5.41, 5.74) is 1.43. The third kappa shape index (κ3) is 3.78. The van der Waals surface area contributed by atoms with Crippen LogP contribution in [0.4, 0.5) is 5.13 Å². The van der Waals surface area contributed by atoms with Crippen LogP contribution in [-0.2, 0) is 27.5 Å². The minimum absolute atomic E-state index is 0.0372. The maximum Gasteiger partial charge on any atom is 0.265 e. The van der Waals surface area contributed by atoms with E-state index in [0.29, 0.717) is 28.5 Å². The van der Waals surface area contributed by atoms with E-state index in [-0.39, 0.29) is 28.9 Å². The minimum atomic E-state index is -3.25. The highest BCUT2D eigenvalue weighted by Gasteiger charge is 2.26. The van der Waals surface area contributed by atoms with Crippen molar-refractivity contribution in [2.45, 2.75) is 24.7 Å².